The lowest BCUT2D eigenvalue weighted by atomic mass is 10.2. The van der Waals surface area contributed by atoms with E-state index in [2.05, 4.69) is 0 Å². The maximum absolute atomic E-state index is 12.2. The molecule has 0 unspecified atom stereocenters. The van der Waals surface area contributed by atoms with Crippen LogP contribution in [0.25, 0.3) is 11.0 Å². The van der Waals surface area contributed by atoms with Crippen molar-refractivity contribution in [2.24, 2.45) is 12.8 Å². The number of hydrogen-bond donors (Lipinski definition) is 1. The highest BCUT2D eigenvalue weighted by Crippen LogP contribution is 2.25. The Morgan fingerprint density at radius 2 is 2.38 bits per heavy atom. The molecule has 0 amide bonds. The summed E-state index contributed by atoms with van der Waals surface area (Å²) in [5.74, 6) is 0.637. The number of rotatable bonds is 3. The van der Waals surface area contributed by atoms with Crippen LogP contribution in [0.4, 0.5) is 0 Å². The van der Waals surface area contributed by atoms with E-state index in [0.29, 0.717) is 23.4 Å². The highest BCUT2D eigenvalue weighted by Gasteiger charge is 2.19. The van der Waals surface area contributed by atoms with E-state index in [1.54, 1.807) is 13.1 Å². The van der Waals surface area contributed by atoms with Gasteiger partial charge in [-0.05, 0) is 37.2 Å². The molecule has 1 saturated heterocycles. The molecule has 112 valence electrons. The first-order valence-corrected chi connectivity index (χ1v) is 7.25. The Bertz CT molecular complexity index is 744. The van der Waals surface area contributed by atoms with Crippen LogP contribution in [0.3, 0.4) is 0 Å². The van der Waals surface area contributed by atoms with Crippen molar-refractivity contribution < 1.29 is 9.47 Å². The highest BCUT2D eigenvalue weighted by molar-refractivity contribution is 7.80. The quantitative estimate of drug-likeness (QED) is 0.856. The molecule has 0 radical (unpaired) electrons. The average Bonchev–Trinajstić information content (AvgIpc) is 3.05. The van der Waals surface area contributed by atoms with Gasteiger partial charge in [0.15, 0.2) is 5.11 Å². The van der Waals surface area contributed by atoms with E-state index in [-0.39, 0.29) is 16.9 Å². The Kier molecular flexibility index (Phi) is 3.69. The van der Waals surface area contributed by atoms with Gasteiger partial charge in [0.05, 0.1) is 11.6 Å². The summed E-state index contributed by atoms with van der Waals surface area (Å²) in [6.07, 6.45) is 2.19. The van der Waals surface area contributed by atoms with Crippen LogP contribution < -0.4 is 16.2 Å². The maximum atomic E-state index is 12.2. The number of hydrogen-bond acceptors (Lipinski definition) is 4. The van der Waals surface area contributed by atoms with Crippen LogP contribution in [-0.2, 0) is 11.8 Å². The molecule has 1 aliphatic heterocycles. The molecule has 1 atom stereocenters. The molecule has 21 heavy (non-hydrogen) atoms. The Balaban J connectivity index is 2.01. The molecule has 0 saturated carbocycles. The molecule has 1 aliphatic rings. The zero-order chi connectivity index (χ0) is 15.0. The Hall–Kier alpha value is -1.86. The number of imidazole rings is 1. The van der Waals surface area contributed by atoms with Gasteiger partial charge in [-0.15, -0.1) is 0 Å². The van der Waals surface area contributed by atoms with Gasteiger partial charge in [-0.1, -0.05) is 6.07 Å². The van der Waals surface area contributed by atoms with Gasteiger partial charge in [0.2, 0.25) is 0 Å². The summed E-state index contributed by atoms with van der Waals surface area (Å²) < 4.78 is 14.2. The van der Waals surface area contributed by atoms with E-state index >= 15 is 0 Å². The molecule has 2 aromatic rings. The fourth-order valence-electron chi connectivity index (χ4n) is 2.66. The van der Waals surface area contributed by atoms with Gasteiger partial charge < -0.3 is 15.2 Å². The Morgan fingerprint density at radius 3 is 3.05 bits per heavy atom. The van der Waals surface area contributed by atoms with Crippen molar-refractivity contribution in [1.29, 1.82) is 0 Å². The van der Waals surface area contributed by atoms with Crippen molar-refractivity contribution in [3.8, 4) is 5.75 Å². The predicted molar refractivity (Wildman–Crippen MR) is 83.8 cm³/mol. The van der Waals surface area contributed by atoms with Gasteiger partial charge in [0, 0.05) is 13.7 Å². The van der Waals surface area contributed by atoms with Crippen LogP contribution in [0.15, 0.2) is 23.0 Å². The molecule has 1 aromatic heterocycles. The molecule has 0 aliphatic carbocycles. The molecule has 1 fully saturated rings. The number of fused-ring (bicyclic) bond motifs is 1. The van der Waals surface area contributed by atoms with Crippen LogP contribution in [0.1, 0.15) is 12.8 Å². The third kappa shape index (κ3) is 2.43. The van der Waals surface area contributed by atoms with E-state index in [1.807, 2.05) is 12.1 Å². The van der Waals surface area contributed by atoms with Gasteiger partial charge in [-0.2, -0.15) is 0 Å². The van der Waals surface area contributed by atoms with Crippen LogP contribution >= 0.6 is 12.2 Å². The van der Waals surface area contributed by atoms with Crippen molar-refractivity contribution >= 4 is 28.4 Å². The summed E-state index contributed by atoms with van der Waals surface area (Å²) in [6, 6.07) is 5.46. The minimum atomic E-state index is -0.273. The standard InChI is InChI=1S/C14H17N3O3S/c1-16-12-10(17(13(15)21)14(16)18)5-2-6-11(12)20-8-9-4-3-7-19-9/h2,5-6,9H,3-4,7-8H2,1H3,(H2,15,21)/t9-/m1/s1. The first-order valence-electron chi connectivity index (χ1n) is 6.84. The maximum Gasteiger partial charge on any atom is 0.335 e. The fraction of sp³-hybridized carbons (Fsp3) is 0.429. The second-order valence-corrected chi connectivity index (χ2v) is 5.50. The van der Waals surface area contributed by atoms with Crippen LogP contribution in [0.5, 0.6) is 5.75 Å². The summed E-state index contributed by atoms with van der Waals surface area (Å²) in [6.45, 7) is 1.26. The molecule has 0 bridgehead atoms. The first kappa shape index (κ1) is 14.1. The molecule has 7 heteroatoms. The Morgan fingerprint density at radius 1 is 1.57 bits per heavy atom. The third-order valence-electron chi connectivity index (χ3n) is 3.70. The summed E-state index contributed by atoms with van der Waals surface area (Å²) >= 11 is 4.95. The van der Waals surface area contributed by atoms with Crippen LogP contribution in [0, 0.1) is 0 Å². The lowest BCUT2D eigenvalue weighted by Gasteiger charge is -2.12. The third-order valence-corrected chi connectivity index (χ3v) is 3.88. The van der Waals surface area contributed by atoms with Crippen molar-refractivity contribution in [2.75, 3.05) is 13.2 Å². The monoisotopic (exact) mass is 307 g/mol. The lowest BCUT2D eigenvalue weighted by molar-refractivity contribution is 0.0684. The minimum Gasteiger partial charge on any atom is -0.489 e. The van der Waals surface area contributed by atoms with Crippen molar-refractivity contribution in [1.82, 2.24) is 9.13 Å². The van der Waals surface area contributed by atoms with E-state index in [0.717, 1.165) is 19.4 Å². The van der Waals surface area contributed by atoms with Gasteiger partial charge in [0.25, 0.3) is 0 Å². The molecular weight excluding hydrogens is 290 g/mol. The summed E-state index contributed by atoms with van der Waals surface area (Å²) in [4.78, 5) is 12.2. The number of aromatic nitrogens is 2. The van der Waals surface area contributed by atoms with E-state index in [4.69, 9.17) is 27.4 Å². The van der Waals surface area contributed by atoms with Gasteiger partial charge in [0.1, 0.15) is 17.9 Å². The molecule has 0 spiro atoms. The number of benzene rings is 1. The molecule has 2 N–H and O–H groups in total. The molecular formula is C14H17N3O3S. The number of para-hydroxylation sites is 1. The van der Waals surface area contributed by atoms with E-state index < -0.39 is 0 Å². The predicted octanol–water partition coefficient (Wildman–Crippen LogP) is 0.989. The number of nitrogens with zero attached hydrogens (tertiary/aromatic N) is 2. The number of ether oxygens (including phenoxy) is 2. The zero-order valence-corrected chi connectivity index (χ0v) is 12.6. The molecule has 6 nitrogen and oxygen atoms in total. The van der Waals surface area contributed by atoms with Crippen LogP contribution in [0.2, 0.25) is 0 Å². The zero-order valence-electron chi connectivity index (χ0n) is 11.7. The van der Waals surface area contributed by atoms with Crippen molar-refractivity contribution in [2.45, 2.75) is 18.9 Å². The lowest BCUT2D eigenvalue weighted by Crippen LogP contribution is -2.31. The number of thiocarbonyl (C=S) groups is 1. The highest BCUT2D eigenvalue weighted by atomic mass is 32.1. The van der Waals surface area contributed by atoms with Gasteiger partial charge >= 0.3 is 5.69 Å². The average molecular weight is 307 g/mol. The summed E-state index contributed by atoms with van der Waals surface area (Å²) in [5.41, 5.74) is 6.71. The largest absolute Gasteiger partial charge is 0.489 e. The van der Waals surface area contributed by atoms with Gasteiger partial charge in [-0.25, -0.2) is 9.36 Å². The minimum absolute atomic E-state index is 0.0295. The van der Waals surface area contributed by atoms with E-state index in [1.165, 1.54) is 9.13 Å². The van der Waals surface area contributed by atoms with Gasteiger partial charge in [-0.3, -0.25) is 4.57 Å². The van der Waals surface area contributed by atoms with E-state index in [9.17, 15) is 4.79 Å². The molecule has 3 rings (SSSR count). The molecule has 2 heterocycles. The summed E-state index contributed by atoms with van der Waals surface area (Å²) in [5, 5.41) is 0.0295. The Labute approximate surface area is 127 Å². The number of aryl methyl sites for hydroxylation is 1. The fourth-order valence-corrected chi connectivity index (χ4v) is 2.84. The topological polar surface area (TPSA) is 71.4 Å². The van der Waals surface area contributed by atoms with Crippen molar-refractivity contribution in [3.05, 3.63) is 28.7 Å². The smallest absolute Gasteiger partial charge is 0.335 e. The van der Waals surface area contributed by atoms with Crippen molar-refractivity contribution in [3.63, 3.8) is 0 Å². The first-order chi connectivity index (χ1) is 10.1. The SMILES string of the molecule is Cn1c(=O)n(C(N)=S)c2cccc(OC[C@H]3CCCO3)c21. The number of nitrogens with two attached hydrogens (primary N) is 1. The summed E-state index contributed by atoms with van der Waals surface area (Å²) in [7, 11) is 1.68. The second kappa shape index (κ2) is 5.50. The second-order valence-electron chi connectivity index (χ2n) is 5.09. The van der Waals surface area contributed by atoms with Crippen LogP contribution in [-0.4, -0.2) is 33.6 Å². The molecule has 1 aromatic carbocycles. The normalized spacial score (nSPS) is 18.2.